The molecule has 0 bridgehead atoms. The number of hydrogen-bond donors (Lipinski definition) is 1. The van der Waals surface area contributed by atoms with E-state index in [0.717, 1.165) is 6.20 Å². The van der Waals surface area contributed by atoms with Crippen molar-refractivity contribution in [1.29, 1.82) is 0 Å². The topological polar surface area (TPSA) is 50.2 Å². The molecule has 0 aliphatic rings. The molecule has 1 aromatic rings. The first-order valence-corrected chi connectivity index (χ1v) is 4.09. The van der Waals surface area contributed by atoms with Gasteiger partial charge in [0.15, 0.2) is 11.5 Å². The van der Waals surface area contributed by atoms with Gasteiger partial charge in [0, 0.05) is 10.7 Å². The first-order chi connectivity index (χ1) is 6.45. The summed E-state index contributed by atoms with van der Waals surface area (Å²) in [5.74, 6) is -3.20. The lowest BCUT2D eigenvalue weighted by atomic mass is 10.2. The van der Waals surface area contributed by atoms with Gasteiger partial charge < -0.3 is 5.11 Å². The summed E-state index contributed by atoms with van der Waals surface area (Å²) >= 11 is 2.66. The highest BCUT2D eigenvalue weighted by Gasteiger charge is 2.24. The van der Waals surface area contributed by atoms with Crippen LogP contribution in [0.1, 0.15) is 22.5 Å². The maximum Gasteiger partial charge on any atom is 0.357 e. The molecule has 14 heavy (non-hydrogen) atoms. The number of alkyl halides is 2. The van der Waals surface area contributed by atoms with E-state index in [0.29, 0.717) is 0 Å². The minimum Gasteiger partial charge on any atom is -0.476 e. The lowest BCUT2D eigenvalue weighted by Crippen LogP contribution is -2.08. The highest BCUT2D eigenvalue weighted by Crippen LogP contribution is 2.30. The maximum atomic E-state index is 13.1. The Morgan fingerprint density at radius 2 is 2.14 bits per heavy atom. The van der Waals surface area contributed by atoms with Crippen LogP contribution in [0.2, 0.25) is 0 Å². The Hall–Kier alpha value is -1.11. The molecule has 1 aromatic heterocycles. The number of pyridine rings is 1. The van der Waals surface area contributed by atoms with Gasteiger partial charge in [0.05, 0.1) is 5.56 Å². The van der Waals surface area contributed by atoms with Crippen LogP contribution in [0.5, 0.6) is 0 Å². The van der Waals surface area contributed by atoms with E-state index in [1.807, 2.05) is 0 Å². The third-order valence-electron chi connectivity index (χ3n) is 1.43. The molecule has 0 spiro atoms. The van der Waals surface area contributed by atoms with Crippen molar-refractivity contribution in [3.8, 4) is 0 Å². The molecule has 0 fully saturated rings. The number of halogens is 4. The molecule has 0 radical (unpaired) electrons. The third-order valence-corrected chi connectivity index (χ3v) is 2.06. The SMILES string of the molecule is O=C(O)c1ncc(Br)c(C(F)F)c1F. The number of carbonyl (C=O) groups is 1. The summed E-state index contributed by atoms with van der Waals surface area (Å²) < 4.78 is 37.3. The summed E-state index contributed by atoms with van der Waals surface area (Å²) in [5, 5.41) is 8.40. The van der Waals surface area contributed by atoms with E-state index in [1.54, 1.807) is 0 Å². The lowest BCUT2D eigenvalue weighted by molar-refractivity contribution is 0.0683. The second-order valence-corrected chi connectivity index (χ2v) is 3.14. The van der Waals surface area contributed by atoms with Gasteiger partial charge in [-0.25, -0.2) is 22.9 Å². The Labute approximate surface area is 84.7 Å². The van der Waals surface area contributed by atoms with E-state index >= 15 is 0 Å². The van der Waals surface area contributed by atoms with Crippen LogP contribution in [0.4, 0.5) is 13.2 Å². The number of rotatable bonds is 2. The molecule has 76 valence electrons. The predicted octanol–water partition coefficient (Wildman–Crippen LogP) is 2.62. The molecule has 1 N–H and O–H groups in total. The standard InChI is InChI=1S/C7H3BrF3NO2/c8-2-1-12-5(7(13)14)4(9)3(2)6(10)11/h1,6H,(H,13,14). The van der Waals surface area contributed by atoms with Crippen LogP contribution in [0.15, 0.2) is 10.7 Å². The molecule has 0 amide bonds. The Morgan fingerprint density at radius 1 is 1.57 bits per heavy atom. The van der Waals surface area contributed by atoms with E-state index in [-0.39, 0.29) is 4.47 Å². The van der Waals surface area contributed by atoms with Crippen LogP contribution in [-0.2, 0) is 0 Å². The Kier molecular flexibility index (Phi) is 3.10. The molecule has 3 nitrogen and oxygen atoms in total. The monoisotopic (exact) mass is 269 g/mol. The van der Waals surface area contributed by atoms with Crippen molar-refractivity contribution in [3.63, 3.8) is 0 Å². The smallest absolute Gasteiger partial charge is 0.357 e. The summed E-state index contributed by atoms with van der Waals surface area (Å²) in [4.78, 5) is 13.5. The zero-order chi connectivity index (χ0) is 10.9. The van der Waals surface area contributed by atoms with Crippen LogP contribution >= 0.6 is 15.9 Å². The second kappa shape index (κ2) is 3.95. The molecule has 0 unspecified atom stereocenters. The fourth-order valence-electron chi connectivity index (χ4n) is 0.829. The van der Waals surface area contributed by atoms with Crippen LogP contribution in [0, 0.1) is 5.82 Å². The first-order valence-electron chi connectivity index (χ1n) is 3.30. The molecule has 0 atom stereocenters. The van der Waals surface area contributed by atoms with Crippen LogP contribution in [0.25, 0.3) is 0 Å². The average molecular weight is 270 g/mol. The highest BCUT2D eigenvalue weighted by atomic mass is 79.9. The fraction of sp³-hybridized carbons (Fsp3) is 0.143. The number of carboxylic acids is 1. The first kappa shape index (κ1) is 11.0. The summed E-state index contributed by atoms with van der Waals surface area (Å²) in [5.41, 5.74) is -2.00. The van der Waals surface area contributed by atoms with Crippen molar-refractivity contribution >= 4 is 21.9 Å². The van der Waals surface area contributed by atoms with Crippen molar-refractivity contribution < 1.29 is 23.1 Å². The number of carboxylic acid groups (broad SMARTS) is 1. The Balaban J connectivity index is 3.41. The van der Waals surface area contributed by atoms with Crippen LogP contribution in [-0.4, -0.2) is 16.1 Å². The molecular weight excluding hydrogens is 267 g/mol. The zero-order valence-electron chi connectivity index (χ0n) is 6.47. The van der Waals surface area contributed by atoms with Crippen molar-refractivity contribution in [2.45, 2.75) is 6.43 Å². The maximum absolute atomic E-state index is 13.1. The van der Waals surface area contributed by atoms with E-state index in [4.69, 9.17) is 5.11 Å². The van der Waals surface area contributed by atoms with Crippen LogP contribution in [0.3, 0.4) is 0 Å². The Bertz CT molecular complexity index is 383. The summed E-state index contributed by atoms with van der Waals surface area (Å²) in [6.45, 7) is 0. The van der Waals surface area contributed by atoms with Crippen molar-refractivity contribution in [2.75, 3.05) is 0 Å². The molecule has 1 heterocycles. The van der Waals surface area contributed by atoms with Crippen LogP contribution < -0.4 is 0 Å². The second-order valence-electron chi connectivity index (χ2n) is 2.29. The number of hydrogen-bond acceptors (Lipinski definition) is 2. The zero-order valence-corrected chi connectivity index (χ0v) is 8.06. The molecule has 0 saturated carbocycles. The number of nitrogens with zero attached hydrogens (tertiary/aromatic N) is 1. The summed E-state index contributed by atoms with van der Waals surface area (Å²) in [6.07, 6.45) is -2.26. The van der Waals surface area contributed by atoms with Gasteiger partial charge in [-0.05, 0) is 15.9 Å². The van der Waals surface area contributed by atoms with Gasteiger partial charge in [-0.1, -0.05) is 0 Å². The van der Waals surface area contributed by atoms with Gasteiger partial charge in [0.25, 0.3) is 6.43 Å². The summed E-state index contributed by atoms with van der Waals surface area (Å²) in [7, 11) is 0. The minimum absolute atomic E-state index is 0.255. The quantitative estimate of drug-likeness (QED) is 0.898. The molecule has 0 aliphatic carbocycles. The van der Waals surface area contributed by atoms with Crippen molar-refractivity contribution in [1.82, 2.24) is 4.98 Å². The van der Waals surface area contributed by atoms with Crippen molar-refractivity contribution in [3.05, 3.63) is 27.7 Å². The van der Waals surface area contributed by atoms with E-state index in [1.165, 1.54) is 0 Å². The molecule has 0 aromatic carbocycles. The van der Waals surface area contributed by atoms with E-state index in [9.17, 15) is 18.0 Å². The summed E-state index contributed by atoms with van der Waals surface area (Å²) in [6, 6.07) is 0. The fourth-order valence-corrected chi connectivity index (χ4v) is 1.28. The van der Waals surface area contributed by atoms with E-state index < -0.39 is 29.5 Å². The molecule has 0 saturated heterocycles. The minimum atomic E-state index is -3.09. The van der Waals surface area contributed by atoms with Crippen molar-refractivity contribution in [2.24, 2.45) is 0 Å². The molecular formula is C7H3BrF3NO2. The number of aromatic carboxylic acids is 1. The Morgan fingerprint density at radius 3 is 2.57 bits per heavy atom. The van der Waals surface area contributed by atoms with Gasteiger partial charge >= 0.3 is 5.97 Å². The largest absolute Gasteiger partial charge is 0.476 e. The van der Waals surface area contributed by atoms with Gasteiger partial charge in [-0.2, -0.15) is 0 Å². The normalized spacial score (nSPS) is 10.6. The van der Waals surface area contributed by atoms with E-state index in [2.05, 4.69) is 20.9 Å². The number of aromatic nitrogens is 1. The van der Waals surface area contributed by atoms with Gasteiger partial charge in [-0.15, -0.1) is 0 Å². The van der Waals surface area contributed by atoms with Gasteiger partial charge in [0.2, 0.25) is 0 Å². The lowest BCUT2D eigenvalue weighted by Gasteiger charge is -2.05. The molecule has 0 aliphatic heterocycles. The molecule has 7 heteroatoms. The van der Waals surface area contributed by atoms with Gasteiger partial charge in [0.1, 0.15) is 0 Å². The average Bonchev–Trinajstić information content (AvgIpc) is 2.02. The highest BCUT2D eigenvalue weighted by molar-refractivity contribution is 9.10. The third kappa shape index (κ3) is 1.87. The van der Waals surface area contributed by atoms with Gasteiger partial charge in [-0.3, -0.25) is 0 Å². The predicted molar refractivity (Wildman–Crippen MR) is 43.8 cm³/mol. The molecule has 1 rings (SSSR count).